The lowest BCUT2D eigenvalue weighted by Crippen LogP contribution is -2.19. The number of thiol groups is 1. The summed E-state index contributed by atoms with van der Waals surface area (Å²) < 4.78 is 0. The molecular formula is C9H14N2S. The predicted octanol–water partition coefficient (Wildman–Crippen LogP) is 1.44. The Kier molecular flexibility index (Phi) is 4.11. The van der Waals surface area contributed by atoms with Gasteiger partial charge in [-0.25, -0.2) is 0 Å². The molecular weight excluding hydrogens is 168 g/mol. The van der Waals surface area contributed by atoms with Crippen LogP contribution in [0, 0.1) is 0 Å². The highest BCUT2D eigenvalue weighted by molar-refractivity contribution is 7.80. The number of rotatable bonds is 4. The normalized spacial score (nSPS) is 10.6. The van der Waals surface area contributed by atoms with E-state index in [1.165, 1.54) is 5.56 Å². The first-order valence-corrected chi connectivity index (χ1v) is 4.64. The monoisotopic (exact) mass is 182 g/mol. The second-order valence-corrected chi connectivity index (χ2v) is 3.12. The van der Waals surface area contributed by atoms with E-state index in [0.29, 0.717) is 0 Å². The topological polar surface area (TPSA) is 16.1 Å². The molecule has 0 N–H and O–H groups in total. The summed E-state index contributed by atoms with van der Waals surface area (Å²) in [6, 6.07) is 4.06. The summed E-state index contributed by atoms with van der Waals surface area (Å²) in [5.74, 6) is 0.806. The lowest BCUT2D eigenvalue weighted by Gasteiger charge is -2.12. The van der Waals surface area contributed by atoms with Crippen molar-refractivity contribution in [3.63, 3.8) is 0 Å². The summed E-state index contributed by atoms with van der Waals surface area (Å²) in [6.45, 7) is 1.04. The van der Waals surface area contributed by atoms with E-state index in [-0.39, 0.29) is 0 Å². The number of aromatic nitrogens is 1. The molecule has 3 heteroatoms. The molecule has 12 heavy (non-hydrogen) atoms. The summed E-state index contributed by atoms with van der Waals surface area (Å²) in [7, 11) is 2.06. The molecule has 0 saturated carbocycles. The lowest BCUT2D eigenvalue weighted by molar-refractivity contribution is 0.399. The first-order valence-electron chi connectivity index (χ1n) is 4.01. The minimum Gasteiger partial charge on any atom is -0.297 e. The highest BCUT2D eigenvalue weighted by atomic mass is 32.1. The minimum atomic E-state index is 0.806. The number of hydrogen-bond donors (Lipinski definition) is 1. The Morgan fingerprint density at radius 3 is 3.00 bits per heavy atom. The molecule has 0 radical (unpaired) electrons. The van der Waals surface area contributed by atoms with Gasteiger partial charge in [-0.1, -0.05) is 6.07 Å². The van der Waals surface area contributed by atoms with Crippen molar-refractivity contribution >= 4 is 12.6 Å². The highest BCUT2D eigenvalue weighted by Crippen LogP contribution is 1.98. The van der Waals surface area contributed by atoms with E-state index >= 15 is 0 Å². The fraction of sp³-hybridized carbons (Fsp3) is 0.444. The van der Waals surface area contributed by atoms with E-state index in [4.69, 9.17) is 0 Å². The van der Waals surface area contributed by atoms with Gasteiger partial charge < -0.3 is 0 Å². The molecule has 1 aromatic heterocycles. The maximum atomic E-state index is 4.17. The van der Waals surface area contributed by atoms with Crippen molar-refractivity contribution in [2.45, 2.75) is 6.42 Å². The van der Waals surface area contributed by atoms with E-state index in [2.05, 4.69) is 35.6 Å². The summed E-state index contributed by atoms with van der Waals surface area (Å²) in [6.07, 6.45) is 4.75. The zero-order valence-electron chi connectivity index (χ0n) is 7.27. The summed E-state index contributed by atoms with van der Waals surface area (Å²) in [5, 5.41) is 0. The third kappa shape index (κ3) is 3.24. The van der Waals surface area contributed by atoms with Crippen molar-refractivity contribution in [3.8, 4) is 0 Å². The molecule has 0 atom stereocenters. The van der Waals surface area contributed by atoms with Crippen molar-refractivity contribution < 1.29 is 0 Å². The Morgan fingerprint density at radius 2 is 2.42 bits per heavy atom. The second kappa shape index (κ2) is 5.17. The molecule has 66 valence electrons. The molecule has 0 unspecified atom stereocenters. The van der Waals surface area contributed by atoms with Crippen LogP contribution in [0.3, 0.4) is 0 Å². The predicted molar refractivity (Wildman–Crippen MR) is 54.4 cm³/mol. The Bertz CT molecular complexity index is 213. The van der Waals surface area contributed by atoms with Crippen LogP contribution in [0.4, 0.5) is 0 Å². The molecule has 1 rings (SSSR count). The zero-order chi connectivity index (χ0) is 8.81. The summed E-state index contributed by atoms with van der Waals surface area (Å²) in [5.41, 5.74) is 1.28. The molecule has 0 saturated heterocycles. The molecule has 1 aromatic rings. The van der Waals surface area contributed by atoms with Gasteiger partial charge in [-0.05, 0) is 25.1 Å². The molecule has 2 nitrogen and oxygen atoms in total. The quantitative estimate of drug-likeness (QED) is 0.560. The SMILES string of the molecule is CN(CS)CCc1cccnc1. The van der Waals surface area contributed by atoms with Gasteiger partial charge in [0.15, 0.2) is 0 Å². The standard InChI is InChI=1S/C9H14N2S/c1-11(8-12)6-4-9-3-2-5-10-7-9/h2-3,5,7,12H,4,6,8H2,1H3. The third-order valence-electron chi connectivity index (χ3n) is 1.75. The van der Waals surface area contributed by atoms with Crippen molar-refractivity contribution in [2.75, 3.05) is 19.5 Å². The Balaban J connectivity index is 2.33. The average Bonchev–Trinajstić information content (AvgIpc) is 2.16. The third-order valence-corrected chi connectivity index (χ3v) is 2.23. The molecule has 0 amide bonds. The number of hydrogen-bond acceptors (Lipinski definition) is 3. The Hall–Kier alpha value is -0.540. The zero-order valence-corrected chi connectivity index (χ0v) is 8.17. The molecule has 0 aliphatic carbocycles. The van der Waals surface area contributed by atoms with Gasteiger partial charge in [0.2, 0.25) is 0 Å². The largest absolute Gasteiger partial charge is 0.297 e. The van der Waals surface area contributed by atoms with E-state index < -0.39 is 0 Å². The van der Waals surface area contributed by atoms with E-state index in [9.17, 15) is 0 Å². The van der Waals surface area contributed by atoms with Crippen LogP contribution in [0.5, 0.6) is 0 Å². The smallest absolute Gasteiger partial charge is 0.0411 e. The number of likely N-dealkylation sites (N-methyl/N-ethyl adjacent to an activating group) is 1. The van der Waals surface area contributed by atoms with E-state index in [1.54, 1.807) is 6.20 Å². The molecule has 0 aromatic carbocycles. The van der Waals surface area contributed by atoms with Gasteiger partial charge in [0, 0.05) is 24.8 Å². The summed E-state index contributed by atoms with van der Waals surface area (Å²) >= 11 is 4.17. The summed E-state index contributed by atoms with van der Waals surface area (Å²) in [4.78, 5) is 6.21. The van der Waals surface area contributed by atoms with Gasteiger partial charge in [0.25, 0.3) is 0 Å². The fourth-order valence-electron chi connectivity index (χ4n) is 0.937. The van der Waals surface area contributed by atoms with Crippen LogP contribution in [-0.2, 0) is 6.42 Å². The highest BCUT2D eigenvalue weighted by Gasteiger charge is 1.95. The Morgan fingerprint density at radius 1 is 1.58 bits per heavy atom. The number of nitrogens with zero attached hydrogens (tertiary/aromatic N) is 2. The van der Waals surface area contributed by atoms with Crippen molar-refractivity contribution in [3.05, 3.63) is 30.1 Å². The first kappa shape index (κ1) is 9.55. The van der Waals surface area contributed by atoms with Gasteiger partial charge in [-0.3, -0.25) is 9.88 Å². The number of pyridine rings is 1. The van der Waals surface area contributed by atoms with Crippen molar-refractivity contribution in [1.82, 2.24) is 9.88 Å². The maximum absolute atomic E-state index is 4.17. The average molecular weight is 182 g/mol. The van der Waals surface area contributed by atoms with Crippen LogP contribution in [-0.4, -0.2) is 29.4 Å². The van der Waals surface area contributed by atoms with Gasteiger partial charge in [0.05, 0.1) is 0 Å². The lowest BCUT2D eigenvalue weighted by atomic mass is 10.2. The van der Waals surface area contributed by atoms with E-state index in [1.807, 2.05) is 12.3 Å². The first-order chi connectivity index (χ1) is 5.83. The van der Waals surface area contributed by atoms with Crippen LogP contribution < -0.4 is 0 Å². The van der Waals surface area contributed by atoms with Gasteiger partial charge in [0.1, 0.15) is 0 Å². The van der Waals surface area contributed by atoms with Gasteiger partial charge >= 0.3 is 0 Å². The fourth-order valence-corrected chi connectivity index (χ4v) is 1.08. The van der Waals surface area contributed by atoms with E-state index in [0.717, 1.165) is 18.8 Å². The molecule has 0 spiro atoms. The van der Waals surface area contributed by atoms with Crippen LogP contribution >= 0.6 is 12.6 Å². The van der Waals surface area contributed by atoms with Crippen LogP contribution in [0.2, 0.25) is 0 Å². The maximum Gasteiger partial charge on any atom is 0.0411 e. The Labute approximate surface area is 79.0 Å². The second-order valence-electron chi connectivity index (χ2n) is 2.83. The molecule has 1 heterocycles. The molecule has 0 aliphatic heterocycles. The minimum absolute atomic E-state index is 0.806. The van der Waals surface area contributed by atoms with Crippen molar-refractivity contribution in [2.24, 2.45) is 0 Å². The molecule has 0 aliphatic rings. The van der Waals surface area contributed by atoms with Crippen LogP contribution in [0.1, 0.15) is 5.56 Å². The van der Waals surface area contributed by atoms with Crippen LogP contribution in [0.25, 0.3) is 0 Å². The van der Waals surface area contributed by atoms with Crippen LogP contribution in [0.15, 0.2) is 24.5 Å². The molecule has 0 fully saturated rings. The molecule has 0 bridgehead atoms. The van der Waals surface area contributed by atoms with Crippen molar-refractivity contribution in [1.29, 1.82) is 0 Å². The van der Waals surface area contributed by atoms with Gasteiger partial charge in [-0.2, -0.15) is 12.6 Å². The van der Waals surface area contributed by atoms with Gasteiger partial charge in [-0.15, -0.1) is 0 Å².